The Morgan fingerprint density at radius 1 is 1.13 bits per heavy atom. The smallest absolute Gasteiger partial charge is 0.235 e. The minimum atomic E-state index is 0.406. The minimum absolute atomic E-state index is 0.406. The van der Waals surface area contributed by atoms with Crippen LogP contribution >= 0.6 is 11.3 Å². The number of fused-ring (bicyclic) bond motifs is 1. The molecule has 0 saturated carbocycles. The van der Waals surface area contributed by atoms with Crippen LogP contribution in [-0.4, -0.2) is 24.8 Å². The molecule has 0 saturated heterocycles. The highest BCUT2D eigenvalue weighted by Gasteiger charge is 2.13. The summed E-state index contributed by atoms with van der Waals surface area (Å²) in [6, 6.07) is 11.8. The largest absolute Gasteiger partial charge is 0.486 e. The topological polar surface area (TPSA) is 65.2 Å². The molecule has 4 aromatic rings. The van der Waals surface area contributed by atoms with Gasteiger partial charge in [-0.2, -0.15) is 9.61 Å². The first-order valence-corrected chi connectivity index (χ1v) is 7.92. The lowest BCUT2D eigenvalue weighted by molar-refractivity contribution is 0.304. The summed E-state index contributed by atoms with van der Waals surface area (Å²) in [6.07, 6.45) is 3.47. The van der Waals surface area contributed by atoms with Crippen molar-refractivity contribution in [1.29, 1.82) is 0 Å². The van der Waals surface area contributed by atoms with E-state index >= 15 is 0 Å². The molecule has 0 aliphatic heterocycles. The van der Waals surface area contributed by atoms with Crippen LogP contribution in [0, 0.1) is 6.92 Å². The van der Waals surface area contributed by atoms with Crippen molar-refractivity contribution in [3.05, 3.63) is 59.4 Å². The predicted octanol–water partition coefficient (Wildman–Crippen LogP) is 3.14. The number of aromatic nitrogens is 5. The Bertz CT molecular complexity index is 930. The molecule has 0 aliphatic rings. The van der Waals surface area contributed by atoms with Gasteiger partial charge in [-0.25, -0.2) is 0 Å². The Morgan fingerprint density at radius 2 is 2.00 bits per heavy atom. The second-order valence-electron chi connectivity index (χ2n) is 5.06. The van der Waals surface area contributed by atoms with E-state index in [1.807, 2.05) is 43.3 Å². The first-order chi connectivity index (χ1) is 11.3. The van der Waals surface area contributed by atoms with Gasteiger partial charge in [-0.15, -0.1) is 10.2 Å². The zero-order valence-corrected chi connectivity index (χ0v) is 13.2. The number of pyridine rings is 1. The molecule has 7 heteroatoms. The lowest BCUT2D eigenvalue weighted by atomic mass is 10.2. The van der Waals surface area contributed by atoms with Gasteiger partial charge in [-0.3, -0.25) is 4.98 Å². The van der Waals surface area contributed by atoms with E-state index in [1.165, 1.54) is 16.9 Å². The normalized spacial score (nSPS) is 11.0. The predicted molar refractivity (Wildman–Crippen MR) is 87.4 cm³/mol. The number of benzene rings is 1. The van der Waals surface area contributed by atoms with Gasteiger partial charge in [0.15, 0.2) is 10.8 Å². The SMILES string of the molecule is Cc1ccc(OCc2nn3c(-c4cccnc4)nnc3s2)cc1. The summed E-state index contributed by atoms with van der Waals surface area (Å²) < 4.78 is 7.50. The summed E-state index contributed by atoms with van der Waals surface area (Å²) in [5, 5.41) is 13.7. The van der Waals surface area contributed by atoms with Crippen LogP contribution in [-0.2, 0) is 6.61 Å². The van der Waals surface area contributed by atoms with Crippen LogP contribution < -0.4 is 4.74 Å². The average molecular weight is 323 g/mol. The number of hydrogen-bond donors (Lipinski definition) is 0. The van der Waals surface area contributed by atoms with E-state index in [4.69, 9.17) is 4.74 Å². The Morgan fingerprint density at radius 3 is 2.78 bits per heavy atom. The van der Waals surface area contributed by atoms with E-state index in [-0.39, 0.29) is 0 Å². The molecule has 0 N–H and O–H groups in total. The molecule has 3 aromatic heterocycles. The number of ether oxygens (including phenoxy) is 1. The van der Waals surface area contributed by atoms with Crippen LogP contribution in [0.25, 0.3) is 16.3 Å². The van der Waals surface area contributed by atoms with Crippen molar-refractivity contribution < 1.29 is 4.74 Å². The van der Waals surface area contributed by atoms with Crippen molar-refractivity contribution in [3.63, 3.8) is 0 Å². The third-order valence-electron chi connectivity index (χ3n) is 3.34. The van der Waals surface area contributed by atoms with Gasteiger partial charge in [0, 0.05) is 18.0 Å². The Kier molecular flexibility index (Phi) is 3.47. The molecule has 4 rings (SSSR count). The third-order valence-corrected chi connectivity index (χ3v) is 4.21. The average Bonchev–Trinajstić information content (AvgIpc) is 3.15. The molecular formula is C16H13N5OS. The van der Waals surface area contributed by atoms with E-state index < -0.39 is 0 Å². The lowest BCUT2D eigenvalue weighted by Gasteiger charge is -2.03. The fourth-order valence-electron chi connectivity index (χ4n) is 2.17. The van der Waals surface area contributed by atoms with Gasteiger partial charge in [-0.1, -0.05) is 29.0 Å². The van der Waals surface area contributed by atoms with Crippen LogP contribution in [0.15, 0.2) is 48.8 Å². The zero-order chi connectivity index (χ0) is 15.6. The maximum atomic E-state index is 5.77. The van der Waals surface area contributed by atoms with Gasteiger partial charge in [0.1, 0.15) is 12.4 Å². The fraction of sp³-hybridized carbons (Fsp3) is 0.125. The van der Waals surface area contributed by atoms with Crippen molar-refractivity contribution in [1.82, 2.24) is 24.8 Å². The first kappa shape index (κ1) is 13.8. The van der Waals surface area contributed by atoms with Gasteiger partial charge >= 0.3 is 0 Å². The Hall–Kier alpha value is -2.80. The number of nitrogens with zero attached hydrogens (tertiary/aromatic N) is 5. The maximum absolute atomic E-state index is 5.77. The summed E-state index contributed by atoms with van der Waals surface area (Å²) in [5.74, 6) is 1.51. The molecule has 0 fully saturated rings. The summed E-state index contributed by atoms with van der Waals surface area (Å²) >= 11 is 1.47. The van der Waals surface area contributed by atoms with Gasteiger partial charge in [0.2, 0.25) is 4.96 Å². The van der Waals surface area contributed by atoms with E-state index in [2.05, 4.69) is 20.3 Å². The molecule has 0 atom stereocenters. The molecular weight excluding hydrogens is 310 g/mol. The van der Waals surface area contributed by atoms with Crippen molar-refractivity contribution in [3.8, 4) is 17.1 Å². The summed E-state index contributed by atoms with van der Waals surface area (Å²) in [7, 11) is 0. The highest BCUT2D eigenvalue weighted by molar-refractivity contribution is 7.16. The van der Waals surface area contributed by atoms with Crippen LogP contribution in [0.5, 0.6) is 5.75 Å². The molecule has 6 nitrogen and oxygen atoms in total. The summed E-state index contributed by atoms with van der Waals surface area (Å²) in [4.78, 5) is 4.85. The number of hydrogen-bond acceptors (Lipinski definition) is 6. The molecule has 23 heavy (non-hydrogen) atoms. The van der Waals surface area contributed by atoms with Crippen molar-refractivity contribution in [2.75, 3.05) is 0 Å². The quantitative estimate of drug-likeness (QED) is 0.577. The highest BCUT2D eigenvalue weighted by Crippen LogP contribution is 2.22. The monoisotopic (exact) mass is 323 g/mol. The zero-order valence-electron chi connectivity index (χ0n) is 12.4. The standard InChI is InChI=1S/C16H13N5OS/c1-11-4-6-13(7-5-11)22-10-14-20-21-15(18-19-16(21)23-14)12-3-2-8-17-9-12/h2-9H,10H2,1H3. The van der Waals surface area contributed by atoms with Gasteiger partial charge in [-0.05, 0) is 31.2 Å². The van der Waals surface area contributed by atoms with Crippen LogP contribution in [0.3, 0.4) is 0 Å². The van der Waals surface area contributed by atoms with Crippen LogP contribution in [0.4, 0.5) is 0 Å². The molecule has 0 spiro atoms. The van der Waals surface area contributed by atoms with Gasteiger partial charge in [0.25, 0.3) is 0 Å². The molecule has 1 aromatic carbocycles. The van der Waals surface area contributed by atoms with Crippen LogP contribution in [0.1, 0.15) is 10.6 Å². The number of aryl methyl sites for hydroxylation is 1. The molecule has 0 unspecified atom stereocenters. The molecule has 3 heterocycles. The summed E-state index contributed by atoms with van der Waals surface area (Å²) in [5.41, 5.74) is 2.09. The Balaban J connectivity index is 1.57. The molecule has 0 amide bonds. The molecule has 114 valence electrons. The summed E-state index contributed by atoms with van der Waals surface area (Å²) in [6.45, 7) is 2.45. The first-order valence-electron chi connectivity index (χ1n) is 7.10. The maximum Gasteiger partial charge on any atom is 0.235 e. The number of rotatable bonds is 4. The van der Waals surface area contributed by atoms with Gasteiger partial charge in [0.05, 0.1) is 0 Å². The van der Waals surface area contributed by atoms with E-state index in [0.29, 0.717) is 12.4 Å². The van der Waals surface area contributed by atoms with Crippen LogP contribution in [0.2, 0.25) is 0 Å². The van der Waals surface area contributed by atoms with E-state index in [9.17, 15) is 0 Å². The van der Waals surface area contributed by atoms with E-state index in [0.717, 1.165) is 21.3 Å². The molecule has 0 radical (unpaired) electrons. The lowest BCUT2D eigenvalue weighted by Crippen LogP contribution is -1.97. The minimum Gasteiger partial charge on any atom is -0.486 e. The molecule has 0 aliphatic carbocycles. The van der Waals surface area contributed by atoms with Gasteiger partial charge < -0.3 is 4.74 Å². The molecule has 0 bridgehead atoms. The fourth-order valence-corrected chi connectivity index (χ4v) is 2.92. The second-order valence-corrected chi connectivity index (χ2v) is 6.10. The van der Waals surface area contributed by atoms with Crippen molar-refractivity contribution in [2.45, 2.75) is 13.5 Å². The Labute approximate surface area is 136 Å². The van der Waals surface area contributed by atoms with E-state index in [1.54, 1.807) is 16.9 Å². The van der Waals surface area contributed by atoms with Crippen molar-refractivity contribution >= 4 is 16.3 Å². The highest BCUT2D eigenvalue weighted by atomic mass is 32.1. The third kappa shape index (κ3) is 2.78. The van der Waals surface area contributed by atoms with Crippen molar-refractivity contribution in [2.24, 2.45) is 0 Å². The second kappa shape index (κ2) is 5.77.